The summed E-state index contributed by atoms with van der Waals surface area (Å²) < 4.78 is 27.1. The minimum Gasteiger partial charge on any atom is -0.477 e. The van der Waals surface area contributed by atoms with E-state index < -0.39 is 16.0 Å². The van der Waals surface area contributed by atoms with Gasteiger partial charge >= 0.3 is 5.97 Å². The molecule has 0 saturated heterocycles. The standard InChI is InChI=1S/C10H16N2O5S/c1-7(2)12-6-8(5-9(12)10(14)15)18(16,17)11-3-4-13/h5-7,11,13H,3-4H2,1-2H3,(H,14,15). The van der Waals surface area contributed by atoms with Crippen LogP contribution in [0.4, 0.5) is 0 Å². The Morgan fingerprint density at radius 2 is 2.11 bits per heavy atom. The molecule has 1 aromatic heterocycles. The monoisotopic (exact) mass is 276 g/mol. The van der Waals surface area contributed by atoms with Gasteiger partial charge in [0.05, 0.1) is 6.61 Å². The molecule has 0 spiro atoms. The highest BCUT2D eigenvalue weighted by atomic mass is 32.2. The second-order valence-electron chi connectivity index (χ2n) is 3.99. The first-order valence-corrected chi connectivity index (χ1v) is 6.83. The molecule has 1 aromatic rings. The fourth-order valence-corrected chi connectivity index (χ4v) is 2.51. The first kappa shape index (κ1) is 14.7. The van der Waals surface area contributed by atoms with E-state index in [1.54, 1.807) is 13.8 Å². The van der Waals surface area contributed by atoms with Crippen molar-refractivity contribution in [2.75, 3.05) is 13.2 Å². The molecule has 8 heteroatoms. The number of hydrogen-bond donors (Lipinski definition) is 3. The molecule has 0 aliphatic rings. The number of nitrogens with one attached hydrogen (secondary N) is 1. The molecule has 0 aliphatic carbocycles. The number of nitrogens with zero attached hydrogens (tertiary/aromatic N) is 1. The van der Waals surface area contributed by atoms with Gasteiger partial charge < -0.3 is 14.8 Å². The number of carboxylic acid groups (broad SMARTS) is 1. The van der Waals surface area contributed by atoms with Crippen LogP contribution in [0.25, 0.3) is 0 Å². The van der Waals surface area contributed by atoms with E-state index in [0.717, 1.165) is 6.07 Å². The predicted octanol–water partition coefficient (Wildman–Crippen LogP) is 0.0378. The van der Waals surface area contributed by atoms with Crippen LogP contribution in [0.2, 0.25) is 0 Å². The summed E-state index contributed by atoms with van der Waals surface area (Å²) in [4.78, 5) is 10.9. The van der Waals surface area contributed by atoms with E-state index in [9.17, 15) is 13.2 Å². The molecule has 0 unspecified atom stereocenters. The van der Waals surface area contributed by atoms with E-state index in [1.165, 1.54) is 10.8 Å². The summed E-state index contributed by atoms with van der Waals surface area (Å²) in [5.41, 5.74) is -0.0885. The number of carbonyl (C=O) groups is 1. The lowest BCUT2D eigenvalue weighted by atomic mass is 10.3. The minimum absolute atomic E-state index is 0.0885. The smallest absolute Gasteiger partial charge is 0.352 e. The predicted molar refractivity (Wildman–Crippen MR) is 64.1 cm³/mol. The molecule has 0 aromatic carbocycles. The Bertz CT molecular complexity index is 532. The van der Waals surface area contributed by atoms with Crippen LogP contribution in [0.3, 0.4) is 0 Å². The van der Waals surface area contributed by atoms with Gasteiger partial charge in [-0.25, -0.2) is 17.9 Å². The molecule has 3 N–H and O–H groups in total. The van der Waals surface area contributed by atoms with Crippen LogP contribution in [-0.2, 0) is 10.0 Å². The van der Waals surface area contributed by atoms with Gasteiger partial charge in [0.25, 0.3) is 0 Å². The summed E-state index contributed by atoms with van der Waals surface area (Å²) in [6.07, 6.45) is 1.27. The van der Waals surface area contributed by atoms with Crippen LogP contribution < -0.4 is 4.72 Å². The number of aromatic nitrogens is 1. The molecule has 0 aliphatic heterocycles. The van der Waals surface area contributed by atoms with Gasteiger partial charge in [0.15, 0.2) is 0 Å². The van der Waals surface area contributed by atoms with E-state index in [0.29, 0.717) is 0 Å². The molecule has 0 radical (unpaired) electrons. The van der Waals surface area contributed by atoms with Crippen molar-refractivity contribution in [1.29, 1.82) is 0 Å². The average molecular weight is 276 g/mol. The highest BCUT2D eigenvalue weighted by Gasteiger charge is 2.21. The van der Waals surface area contributed by atoms with Crippen LogP contribution >= 0.6 is 0 Å². The average Bonchev–Trinajstić information content (AvgIpc) is 2.72. The number of carboxylic acids is 1. The fourth-order valence-electron chi connectivity index (χ4n) is 1.46. The number of aliphatic hydroxyl groups is 1. The quantitative estimate of drug-likeness (QED) is 0.679. The van der Waals surface area contributed by atoms with E-state index in [2.05, 4.69) is 4.72 Å². The fraction of sp³-hybridized carbons (Fsp3) is 0.500. The Kier molecular flexibility index (Phi) is 4.49. The van der Waals surface area contributed by atoms with Gasteiger partial charge in [-0.3, -0.25) is 0 Å². The number of aromatic carboxylic acids is 1. The van der Waals surface area contributed by atoms with Gasteiger partial charge in [0, 0.05) is 18.8 Å². The summed E-state index contributed by atoms with van der Waals surface area (Å²) in [5, 5.41) is 17.6. The minimum atomic E-state index is -3.79. The zero-order chi connectivity index (χ0) is 13.9. The van der Waals surface area contributed by atoms with Crippen molar-refractivity contribution >= 4 is 16.0 Å². The first-order chi connectivity index (χ1) is 8.29. The van der Waals surface area contributed by atoms with Crippen LogP contribution in [-0.4, -0.2) is 42.3 Å². The van der Waals surface area contributed by atoms with Gasteiger partial charge in [-0.05, 0) is 19.9 Å². The largest absolute Gasteiger partial charge is 0.477 e. The topological polar surface area (TPSA) is 109 Å². The van der Waals surface area contributed by atoms with Crippen molar-refractivity contribution in [3.63, 3.8) is 0 Å². The zero-order valence-electron chi connectivity index (χ0n) is 10.1. The Labute approximate surface area is 105 Å². The molecule has 0 saturated carbocycles. The van der Waals surface area contributed by atoms with Crippen LogP contribution in [0.15, 0.2) is 17.2 Å². The summed E-state index contributed by atoms with van der Waals surface area (Å²) in [6, 6.07) is 0.931. The number of aliphatic hydroxyl groups excluding tert-OH is 1. The van der Waals surface area contributed by atoms with E-state index >= 15 is 0 Å². The Morgan fingerprint density at radius 3 is 2.50 bits per heavy atom. The number of sulfonamides is 1. The SMILES string of the molecule is CC(C)n1cc(S(=O)(=O)NCCO)cc1C(=O)O. The van der Waals surface area contributed by atoms with Crippen molar-refractivity contribution in [2.45, 2.75) is 24.8 Å². The Hall–Kier alpha value is -1.38. The van der Waals surface area contributed by atoms with Gasteiger partial charge in [0.2, 0.25) is 10.0 Å². The summed E-state index contributed by atoms with van der Waals surface area (Å²) >= 11 is 0. The third-order valence-electron chi connectivity index (χ3n) is 2.31. The maximum atomic E-state index is 11.8. The molecule has 1 heterocycles. The van der Waals surface area contributed by atoms with Gasteiger partial charge in [-0.2, -0.15) is 0 Å². The van der Waals surface area contributed by atoms with Crippen molar-refractivity contribution in [2.24, 2.45) is 0 Å². The Morgan fingerprint density at radius 1 is 1.50 bits per heavy atom. The summed E-state index contributed by atoms with van der Waals surface area (Å²) in [7, 11) is -3.79. The van der Waals surface area contributed by atoms with Crippen LogP contribution in [0, 0.1) is 0 Å². The van der Waals surface area contributed by atoms with Crippen molar-refractivity contribution in [3.05, 3.63) is 18.0 Å². The van der Waals surface area contributed by atoms with Crippen molar-refractivity contribution in [3.8, 4) is 0 Å². The zero-order valence-corrected chi connectivity index (χ0v) is 10.9. The molecule has 0 bridgehead atoms. The molecular weight excluding hydrogens is 260 g/mol. The molecular formula is C10H16N2O5S. The number of hydrogen-bond acceptors (Lipinski definition) is 4. The van der Waals surface area contributed by atoms with Crippen LogP contribution in [0.1, 0.15) is 30.4 Å². The molecule has 1 rings (SSSR count). The number of rotatable bonds is 6. The van der Waals surface area contributed by atoms with E-state index in [4.69, 9.17) is 10.2 Å². The third-order valence-corrected chi connectivity index (χ3v) is 3.74. The lowest BCUT2D eigenvalue weighted by molar-refractivity contribution is 0.0683. The summed E-state index contributed by atoms with van der Waals surface area (Å²) in [6.45, 7) is 3.07. The van der Waals surface area contributed by atoms with E-state index in [1.807, 2.05) is 0 Å². The van der Waals surface area contributed by atoms with Crippen LogP contribution in [0.5, 0.6) is 0 Å². The normalized spacial score (nSPS) is 12.0. The maximum Gasteiger partial charge on any atom is 0.352 e. The molecule has 0 amide bonds. The molecule has 0 fully saturated rings. The highest BCUT2D eigenvalue weighted by Crippen LogP contribution is 2.18. The molecule has 102 valence electrons. The second kappa shape index (κ2) is 5.51. The first-order valence-electron chi connectivity index (χ1n) is 5.35. The van der Waals surface area contributed by atoms with Crippen molar-refractivity contribution < 1.29 is 23.4 Å². The van der Waals surface area contributed by atoms with Gasteiger partial charge in [-0.15, -0.1) is 0 Å². The lowest BCUT2D eigenvalue weighted by Crippen LogP contribution is -2.26. The van der Waals surface area contributed by atoms with Crippen molar-refractivity contribution in [1.82, 2.24) is 9.29 Å². The van der Waals surface area contributed by atoms with Gasteiger partial charge in [0.1, 0.15) is 10.6 Å². The maximum absolute atomic E-state index is 11.8. The molecule has 18 heavy (non-hydrogen) atoms. The molecule has 7 nitrogen and oxygen atoms in total. The lowest BCUT2D eigenvalue weighted by Gasteiger charge is -2.09. The molecule has 0 atom stereocenters. The van der Waals surface area contributed by atoms with E-state index in [-0.39, 0.29) is 29.8 Å². The highest BCUT2D eigenvalue weighted by molar-refractivity contribution is 7.89. The van der Waals surface area contributed by atoms with Gasteiger partial charge in [-0.1, -0.05) is 0 Å². The third kappa shape index (κ3) is 3.09. The summed E-state index contributed by atoms with van der Waals surface area (Å²) in [5.74, 6) is -1.19. The Balaban J connectivity index is 3.20. The second-order valence-corrected chi connectivity index (χ2v) is 5.76.